The second kappa shape index (κ2) is 9.72. The molecule has 0 spiro atoms. The van der Waals surface area contributed by atoms with Crippen LogP contribution < -0.4 is 16.1 Å². The number of halogens is 1. The van der Waals surface area contributed by atoms with E-state index in [2.05, 4.69) is 10.6 Å². The van der Waals surface area contributed by atoms with Crippen molar-refractivity contribution in [3.05, 3.63) is 81.4 Å². The molecule has 0 aliphatic carbocycles. The number of nitrogens with one attached hydrogen (secondary N) is 2. The maximum atomic E-state index is 14.3. The summed E-state index contributed by atoms with van der Waals surface area (Å²) in [6, 6.07) is 7.62. The van der Waals surface area contributed by atoms with E-state index in [0.717, 1.165) is 12.5 Å². The smallest absolute Gasteiger partial charge is 0.327 e. The molecule has 3 aromatic rings. The fraction of sp³-hybridized carbons (Fsp3) is 0.345. The minimum Gasteiger partial charge on any atom is -0.480 e. The Labute approximate surface area is 237 Å². The summed E-state index contributed by atoms with van der Waals surface area (Å²) in [6.07, 6.45) is 2.78. The average Bonchev–Trinajstić information content (AvgIpc) is 3.19. The third kappa shape index (κ3) is 4.37. The van der Waals surface area contributed by atoms with Crippen molar-refractivity contribution in [2.75, 3.05) is 0 Å². The lowest BCUT2D eigenvalue weighted by Gasteiger charge is -2.44. The fourth-order valence-electron chi connectivity index (χ4n) is 6.10. The number of fused-ring (bicyclic) bond motifs is 1. The standard InChI is InChI=1S/C29H27FN4O6S/c1-29(2)23(28(39)40)34-26(38)20(27(34)41-29)32-25(37)19(14-7-4-3-5-8-14)31-24(36)18-13-33-10-6-9-15-11-16(30)12-17(21(15)33)22(18)35/h3-5,7-8,11-13,19-20,23,27H,6,9-10H2,1-2H3,(H,31,36)(H,32,37)(H,39,40). The zero-order valence-electron chi connectivity index (χ0n) is 22.2. The minimum atomic E-state index is -1.26. The van der Waals surface area contributed by atoms with E-state index in [1.54, 1.807) is 48.7 Å². The second-order valence-corrected chi connectivity index (χ2v) is 12.8. The van der Waals surface area contributed by atoms with Gasteiger partial charge in [0.05, 0.1) is 5.52 Å². The van der Waals surface area contributed by atoms with Gasteiger partial charge < -0.3 is 25.2 Å². The van der Waals surface area contributed by atoms with Gasteiger partial charge in [-0.3, -0.25) is 19.2 Å². The lowest BCUT2D eigenvalue weighted by atomic mass is 9.95. The molecular formula is C29H27FN4O6S. The van der Waals surface area contributed by atoms with Crippen LogP contribution in [0.2, 0.25) is 0 Å². The average molecular weight is 579 g/mol. The highest BCUT2D eigenvalue weighted by atomic mass is 32.2. The number of aryl methyl sites for hydroxylation is 2. The monoisotopic (exact) mass is 578 g/mol. The Bertz CT molecular complexity index is 1690. The number of carbonyl (C=O) groups excluding carboxylic acids is 3. The molecule has 10 nitrogen and oxygen atoms in total. The van der Waals surface area contributed by atoms with E-state index in [1.165, 1.54) is 28.9 Å². The van der Waals surface area contributed by atoms with Crippen LogP contribution in [0.25, 0.3) is 10.9 Å². The summed E-state index contributed by atoms with van der Waals surface area (Å²) in [5, 5.41) is 14.5. The van der Waals surface area contributed by atoms with Crippen molar-refractivity contribution in [1.82, 2.24) is 20.1 Å². The predicted molar refractivity (Wildman–Crippen MR) is 149 cm³/mol. The molecule has 41 heavy (non-hydrogen) atoms. The van der Waals surface area contributed by atoms with Crippen molar-refractivity contribution in [3.63, 3.8) is 0 Å². The molecule has 0 saturated carbocycles. The first-order chi connectivity index (χ1) is 19.5. The van der Waals surface area contributed by atoms with Gasteiger partial charge in [-0.25, -0.2) is 9.18 Å². The first-order valence-electron chi connectivity index (χ1n) is 13.2. The van der Waals surface area contributed by atoms with Crippen molar-refractivity contribution >= 4 is 46.4 Å². The number of carboxylic acid groups (broad SMARTS) is 1. The zero-order valence-corrected chi connectivity index (χ0v) is 23.0. The van der Waals surface area contributed by atoms with E-state index in [1.807, 2.05) is 0 Å². The van der Waals surface area contributed by atoms with Crippen LogP contribution in [0.1, 0.15) is 47.8 Å². The fourth-order valence-corrected chi connectivity index (χ4v) is 7.72. The Morgan fingerprint density at radius 1 is 1.15 bits per heavy atom. The number of carboxylic acids is 1. The van der Waals surface area contributed by atoms with Crippen LogP contribution in [0, 0.1) is 5.82 Å². The number of amides is 3. The molecule has 212 valence electrons. The molecule has 2 aromatic carbocycles. The van der Waals surface area contributed by atoms with Gasteiger partial charge in [0, 0.05) is 22.9 Å². The number of thioether (sulfide) groups is 1. The summed E-state index contributed by atoms with van der Waals surface area (Å²) >= 11 is 1.29. The predicted octanol–water partition coefficient (Wildman–Crippen LogP) is 2.19. The number of pyridine rings is 1. The van der Waals surface area contributed by atoms with Crippen molar-refractivity contribution in [3.8, 4) is 0 Å². The first kappa shape index (κ1) is 27.0. The van der Waals surface area contributed by atoms with Crippen molar-refractivity contribution in [1.29, 1.82) is 0 Å². The van der Waals surface area contributed by atoms with Gasteiger partial charge in [0.15, 0.2) is 0 Å². The zero-order chi connectivity index (χ0) is 29.2. The third-order valence-corrected chi connectivity index (χ3v) is 9.52. The quantitative estimate of drug-likeness (QED) is 0.381. The maximum Gasteiger partial charge on any atom is 0.327 e. The largest absolute Gasteiger partial charge is 0.480 e. The van der Waals surface area contributed by atoms with Gasteiger partial charge in [0.1, 0.15) is 34.9 Å². The summed E-state index contributed by atoms with van der Waals surface area (Å²) in [5.41, 5.74) is 0.849. The number of β-lactam (4-membered cyclic amide) rings is 1. The summed E-state index contributed by atoms with van der Waals surface area (Å²) in [4.78, 5) is 66.5. The van der Waals surface area contributed by atoms with Crippen molar-refractivity contribution in [2.24, 2.45) is 0 Å². The molecule has 3 amide bonds. The number of aromatic nitrogens is 1. The van der Waals surface area contributed by atoms with Crippen molar-refractivity contribution < 1.29 is 28.7 Å². The molecule has 4 unspecified atom stereocenters. The molecule has 12 heteroatoms. The molecule has 4 heterocycles. The molecule has 3 N–H and O–H groups in total. The van der Waals surface area contributed by atoms with Gasteiger partial charge in [-0.2, -0.15) is 0 Å². The number of rotatable bonds is 6. The lowest BCUT2D eigenvalue weighted by Crippen LogP contribution is -2.71. The Hall–Kier alpha value is -4.19. The van der Waals surface area contributed by atoms with Crippen LogP contribution in [-0.2, 0) is 27.3 Å². The minimum absolute atomic E-state index is 0.0991. The normalized spacial score (nSPS) is 23.0. The van der Waals surface area contributed by atoms with Gasteiger partial charge >= 0.3 is 5.97 Å². The summed E-state index contributed by atoms with van der Waals surface area (Å²) in [7, 11) is 0. The SMILES string of the molecule is CC1(C)SC2C(NC(=O)C(NC(=O)c3cn4c5c(cc(F)cc5c3=O)CCC4)c3ccccc3)C(=O)N2C1C(=O)O. The summed E-state index contributed by atoms with van der Waals surface area (Å²) in [5.74, 6) is -3.70. The summed E-state index contributed by atoms with van der Waals surface area (Å²) < 4.78 is 15.3. The Morgan fingerprint density at radius 3 is 2.59 bits per heavy atom. The molecule has 0 radical (unpaired) electrons. The van der Waals surface area contributed by atoms with Crippen LogP contribution in [-0.4, -0.2) is 60.5 Å². The van der Waals surface area contributed by atoms with Crippen LogP contribution in [0.5, 0.6) is 0 Å². The van der Waals surface area contributed by atoms with Crippen molar-refractivity contribution in [2.45, 2.75) is 61.5 Å². The summed E-state index contributed by atoms with van der Waals surface area (Å²) in [6.45, 7) is 4.02. The Kier molecular flexibility index (Phi) is 6.40. The highest BCUT2D eigenvalue weighted by molar-refractivity contribution is 8.01. The van der Waals surface area contributed by atoms with E-state index < -0.39 is 63.2 Å². The lowest BCUT2D eigenvalue weighted by molar-refractivity contribution is -0.161. The molecular weight excluding hydrogens is 551 g/mol. The molecule has 2 saturated heterocycles. The van der Waals surface area contributed by atoms with E-state index in [-0.39, 0.29) is 10.9 Å². The topological polar surface area (TPSA) is 138 Å². The highest BCUT2D eigenvalue weighted by Gasteiger charge is 2.64. The van der Waals surface area contributed by atoms with Crippen LogP contribution in [0.4, 0.5) is 4.39 Å². The molecule has 6 rings (SSSR count). The van der Waals surface area contributed by atoms with Gasteiger partial charge in [-0.05, 0) is 49.9 Å². The number of nitrogens with zero attached hydrogens (tertiary/aromatic N) is 2. The molecule has 3 aliphatic heterocycles. The van der Waals surface area contributed by atoms with Gasteiger partial charge in [0.2, 0.25) is 17.2 Å². The highest BCUT2D eigenvalue weighted by Crippen LogP contribution is 2.50. The molecule has 3 aliphatic rings. The van der Waals surface area contributed by atoms with Crippen LogP contribution >= 0.6 is 11.8 Å². The number of hydrogen-bond acceptors (Lipinski definition) is 6. The number of carbonyl (C=O) groups is 4. The van der Waals surface area contributed by atoms with E-state index >= 15 is 0 Å². The third-order valence-electron chi connectivity index (χ3n) is 7.95. The van der Waals surface area contributed by atoms with Gasteiger partial charge in [0.25, 0.3) is 5.91 Å². The Morgan fingerprint density at radius 2 is 1.88 bits per heavy atom. The van der Waals surface area contributed by atoms with Crippen LogP contribution in [0.3, 0.4) is 0 Å². The number of benzene rings is 2. The molecule has 4 atom stereocenters. The molecule has 0 bridgehead atoms. The number of hydrogen-bond donors (Lipinski definition) is 3. The van der Waals surface area contributed by atoms with Crippen LogP contribution in [0.15, 0.2) is 53.5 Å². The first-order valence-corrected chi connectivity index (χ1v) is 14.1. The van der Waals surface area contributed by atoms with Gasteiger partial charge in [-0.1, -0.05) is 30.3 Å². The molecule has 2 fully saturated rings. The number of aliphatic carboxylic acids is 1. The van der Waals surface area contributed by atoms with E-state index in [4.69, 9.17) is 0 Å². The van der Waals surface area contributed by atoms with Gasteiger partial charge in [-0.15, -0.1) is 11.8 Å². The van der Waals surface area contributed by atoms with E-state index in [9.17, 15) is 33.5 Å². The maximum absolute atomic E-state index is 14.3. The second-order valence-electron chi connectivity index (χ2n) is 11.0. The van der Waals surface area contributed by atoms with E-state index in [0.29, 0.717) is 29.6 Å². The molecule has 1 aromatic heterocycles. The Balaban J connectivity index is 1.30.